The molecule has 0 amide bonds. The lowest BCUT2D eigenvalue weighted by atomic mass is 10.4. The summed E-state index contributed by atoms with van der Waals surface area (Å²) >= 11 is 0. The fraction of sp³-hybridized carbons (Fsp3) is 0.500. The number of aromatic nitrogens is 2. The summed E-state index contributed by atoms with van der Waals surface area (Å²) in [5.74, 6) is -4.54. The van der Waals surface area contributed by atoms with Crippen LogP contribution in [0.1, 0.15) is 5.82 Å². The number of alkyl halides is 4. The lowest BCUT2D eigenvalue weighted by molar-refractivity contribution is -0.148. The Labute approximate surface area is 87.3 Å². The molecule has 4 nitrogen and oxygen atoms in total. The highest BCUT2D eigenvalue weighted by Gasteiger charge is 2.41. The monoisotopic (exact) mass is 240 g/mol. The molecule has 0 spiro atoms. The molecule has 0 bridgehead atoms. The van der Waals surface area contributed by atoms with Crippen LogP contribution in [0.2, 0.25) is 0 Å². The topological polar surface area (TPSA) is 55.0 Å². The molecule has 16 heavy (non-hydrogen) atoms. The average molecular weight is 240 g/mol. The Balaban J connectivity index is 2.72. The summed E-state index contributed by atoms with van der Waals surface area (Å²) in [6.45, 7) is -0.125. The predicted molar refractivity (Wildman–Crippen MR) is 46.0 cm³/mol. The van der Waals surface area contributed by atoms with Crippen LogP contribution in [-0.4, -0.2) is 28.9 Å². The van der Waals surface area contributed by atoms with E-state index in [0.717, 1.165) is 6.07 Å². The summed E-state index contributed by atoms with van der Waals surface area (Å²) in [7, 11) is 0. The van der Waals surface area contributed by atoms with Gasteiger partial charge in [0.25, 0.3) is 5.56 Å². The number of aromatic amines is 1. The van der Waals surface area contributed by atoms with Gasteiger partial charge in [-0.05, 0) is 6.92 Å². The number of ether oxygens (including phenoxy) is 1. The third kappa shape index (κ3) is 3.21. The molecule has 1 rings (SSSR count). The first-order valence-corrected chi connectivity index (χ1v) is 4.18. The molecule has 0 saturated carbocycles. The molecular formula is C8H8F4N2O2. The van der Waals surface area contributed by atoms with Gasteiger partial charge in [0.1, 0.15) is 5.82 Å². The Hall–Kier alpha value is -1.60. The van der Waals surface area contributed by atoms with Crippen molar-refractivity contribution in [3.05, 3.63) is 22.2 Å². The first-order valence-electron chi connectivity index (χ1n) is 4.18. The molecule has 0 unspecified atom stereocenters. The molecule has 1 aromatic heterocycles. The zero-order chi connectivity index (χ0) is 12.3. The van der Waals surface area contributed by atoms with Gasteiger partial charge in [-0.3, -0.25) is 4.79 Å². The molecule has 0 atom stereocenters. The zero-order valence-corrected chi connectivity index (χ0v) is 8.14. The summed E-state index contributed by atoms with van der Waals surface area (Å²) in [6.07, 6.45) is -3.82. The summed E-state index contributed by atoms with van der Waals surface area (Å²) in [6, 6.07) is 0.800. The van der Waals surface area contributed by atoms with E-state index in [9.17, 15) is 22.4 Å². The number of halogens is 4. The van der Waals surface area contributed by atoms with Gasteiger partial charge in [0.05, 0.1) is 6.07 Å². The average Bonchev–Trinajstić information content (AvgIpc) is 2.13. The maximum Gasteiger partial charge on any atom is 0.340 e. The Morgan fingerprint density at radius 3 is 2.69 bits per heavy atom. The Morgan fingerprint density at radius 2 is 2.19 bits per heavy atom. The molecule has 0 radical (unpaired) electrons. The first-order chi connectivity index (χ1) is 7.31. The van der Waals surface area contributed by atoms with E-state index in [1.54, 1.807) is 0 Å². The van der Waals surface area contributed by atoms with Gasteiger partial charge in [0.15, 0.2) is 6.61 Å². The van der Waals surface area contributed by atoms with Crippen LogP contribution in [0.3, 0.4) is 0 Å². The maximum atomic E-state index is 12.4. The molecule has 90 valence electrons. The molecule has 8 heteroatoms. The highest BCUT2D eigenvalue weighted by Crippen LogP contribution is 2.23. The molecule has 0 aromatic carbocycles. The van der Waals surface area contributed by atoms with Crippen LogP contribution < -0.4 is 10.3 Å². The van der Waals surface area contributed by atoms with Crippen LogP contribution >= 0.6 is 0 Å². The number of hydrogen-bond acceptors (Lipinski definition) is 3. The second kappa shape index (κ2) is 4.50. The quantitative estimate of drug-likeness (QED) is 0.808. The van der Waals surface area contributed by atoms with Gasteiger partial charge in [0.2, 0.25) is 5.88 Å². The number of nitrogens with zero attached hydrogens (tertiary/aromatic N) is 1. The number of nitrogens with one attached hydrogen (secondary N) is 1. The third-order valence-electron chi connectivity index (χ3n) is 1.57. The van der Waals surface area contributed by atoms with Gasteiger partial charge >= 0.3 is 12.3 Å². The number of rotatable bonds is 4. The predicted octanol–water partition coefficient (Wildman–Crippen LogP) is 1.36. The standard InChI is InChI=1S/C8H8F4N2O2/c1-4-13-5(15)2-6(14-4)16-3-8(11,12)7(9)10/h2,7H,3H2,1H3,(H,13,14,15). The van der Waals surface area contributed by atoms with E-state index >= 15 is 0 Å². The molecule has 0 fully saturated rings. The lowest BCUT2D eigenvalue weighted by Gasteiger charge is -2.15. The fourth-order valence-electron chi connectivity index (χ4n) is 0.859. The van der Waals surface area contributed by atoms with E-state index in [1.807, 2.05) is 0 Å². The van der Waals surface area contributed by atoms with Crippen molar-refractivity contribution in [1.29, 1.82) is 0 Å². The fourth-order valence-corrected chi connectivity index (χ4v) is 0.859. The SMILES string of the molecule is Cc1nc(OCC(F)(F)C(F)F)cc(=O)[nH]1. The van der Waals surface area contributed by atoms with Crippen molar-refractivity contribution in [1.82, 2.24) is 9.97 Å². The van der Waals surface area contributed by atoms with Crippen LogP contribution in [0.15, 0.2) is 10.9 Å². The molecule has 0 aliphatic rings. The van der Waals surface area contributed by atoms with E-state index in [4.69, 9.17) is 0 Å². The van der Waals surface area contributed by atoms with E-state index in [0.29, 0.717) is 0 Å². The summed E-state index contributed by atoms with van der Waals surface area (Å²) < 4.78 is 52.7. The van der Waals surface area contributed by atoms with E-state index in [2.05, 4.69) is 14.7 Å². The van der Waals surface area contributed by atoms with E-state index in [1.165, 1.54) is 6.92 Å². The van der Waals surface area contributed by atoms with Gasteiger partial charge in [-0.25, -0.2) is 13.8 Å². The van der Waals surface area contributed by atoms with Crippen molar-refractivity contribution in [2.45, 2.75) is 19.3 Å². The van der Waals surface area contributed by atoms with Crippen molar-refractivity contribution in [3.63, 3.8) is 0 Å². The largest absolute Gasteiger partial charge is 0.471 e. The van der Waals surface area contributed by atoms with Crippen LogP contribution in [-0.2, 0) is 0 Å². The van der Waals surface area contributed by atoms with E-state index < -0.39 is 30.4 Å². The summed E-state index contributed by atoms with van der Waals surface area (Å²) in [5, 5.41) is 0. The van der Waals surface area contributed by atoms with Crippen LogP contribution in [0.5, 0.6) is 5.88 Å². The van der Waals surface area contributed by atoms with E-state index in [-0.39, 0.29) is 5.82 Å². The number of H-pyrrole nitrogens is 1. The molecule has 0 aliphatic heterocycles. The Bertz CT molecular complexity index is 419. The second-order valence-corrected chi connectivity index (χ2v) is 3.02. The molecule has 1 aromatic rings. The Kier molecular flexibility index (Phi) is 3.51. The van der Waals surface area contributed by atoms with Gasteiger partial charge in [0, 0.05) is 0 Å². The Morgan fingerprint density at radius 1 is 1.56 bits per heavy atom. The van der Waals surface area contributed by atoms with Gasteiger partial charge in [-0.1, -0.05) is 0 Å². The van der Waals surface area contributed by atoms with Crippen molar-refractivity contribution < 1.29 is 22.3 Å². The smallest absolute Gasteiger partial charge is 0.340 e. The van der Waals surface area contributed by atoms with Crippen LogP contribution in [0.4, 0.5) is 17.6 Å². The minimum absolute atomic E-state index is 0.142. The van der Waals surface area contributed by atoms with Crippen LogP contribution in [0, 0.1) is 6.92 Å². The molecule has 1 heterocycles. The second-order valence-electron chi connectivity index (χ2n) is 3.02. The first kappa shape index (κ1) is 12.5. The summed E-state index contributed by atoms with van der Waals surface area (Å²) in [5.41, 5.74) is -0.608. The van der Waals surface area contributed by atoms with Gasteiger partial charge in [-0.2, -0.15) is 8.78 Å². The number of hydrogen-bond donors (Lipinski definition) is 1. The lowest BCUT2D eigenvalue weighted by Crippen LogP contribution is -2.34. The zero-order valence-electron chi connectivity index (χ0n) is 8.14. The minimum Gasteiger partial charge on any atom is -0.471 e. The van der Waals surface area contributed by atoms with Crippen LogP contribution in [0.25, 0.3) is 0 Å². The molecule has 1 N–H and O–H groups in total. The molecule has 0 saturated heterocycles. The molecule has 0 aliphatic carbocycles. The molecular weight excluding hydrogens is 232 g/mol. The van der Waals surface area contributed by atoms with Gasteiger partial charge < -0.3 is 9.72 Å². The van der Waals surface area contributed by atoms with Gasteiger partial charge in [-0.15, -0.1) is 0 Å². The van der Waals surface area contributed by atoms with Crippen molar-refractivity contribution in [3.8, 4) is 5.88 Å². The van der Waals surface area contributed by atoms with Crippen molar-refractivity contribution in [2.75, 3.05) is 6.61 Å². The highest BCUT2D eigenvalue weighted by atomic mass is 19.3. The maximum absolute atomic E-state index is 12.4. The minimum atomic E-state index is -4.27. The highest BCUT2D eigenvalue weighted by molar-refractivity contribution is 5.08. The normalized spacial score (nSPS) is 11.9. The van der Waals surface area contributed by atoms with Crippen molar-refractivity contribution >= 4 is 0 Å². The summed E-state index contributed by atoms with van der Waals surface area (Å²) in [4.78, 5) is 16.6. The number of aryl methyl sites for hydroxylation is 1. The third-order valence-corrected chi connectivity index (χ3v) is 1.57. The van der Waals surface area contributed by atoms with Crippen molar-refractivity contribution in [2.24, 2.45) is 0 Å².